The van der Waals surface area contributed by atoms with Gasteiger partial charge in [0.25, 0.3) is 5.91 Å². The van der Waals surface area contributed by atoms with Gasteiger partial charge in [-0.1, -0.05) is 30.3 Å². The molecule has 1 aromatic carbocycles. The smallest absolute Gasteiger partial charge is 0.270 e. The van der Waals surface area contributed by atoms with Crippen molar-refractivity contribution in [3.63, 3.8) is 0 Å². The number of thiophene rings is 1. The zero-order valence-electron chi connectivity index (χ0n) is 15.5. The second-order valence-electron chi connectivity index (χ2n) is 6.43. The van der Waals surface area contributed by atoms with Crippen molar-refractivity contribution in [1.29, 1.82) is 0 Å². The number of hydrogen-bond acceptors (Lipinski definition) is 6. The zero-order chi connectivity index (χ0) is 20.1. The van der Waals surface area contributed by atoms with Gasteiger partial charge in [0, 0.05) is 38.3 Å². The Bertz CT molecular complexity index is 961. The molecule has 144 valence electrons. The highest BCUT2D eigenvalue weighted by Gasteiger charge is 2.30. The molecule has 1 aliphatic heterocycles. The maximum atomic E-state index is 12.9. The fraction of sp³-hybridized carbons (Fsp3) is 0.190. The fourth-order valence-electron chi connectivity index (χ4n) is 3.32. The van der Waals surface area contributed by atoms with E-state index in [1.165, 1.54) is 23.6 Å². The van der Waals surface area contributed by atoms with E-state index >= 15 is 0 Å². The van der Waals surface area contributed by atoms with E-state index in [1.54, 1.807) is 35.7 Å². The molecule has 3 rings (SSSR count). The molecule has 4 N–H and O–H groups in total. The van der Waals surface area contributed by atoms with E-state index in [9.17, 15) is 9.59 Å². The van der Waals surface area contributed by atoms with Crippen LogP contribution >= 0.6 is 11.3 Å². The first-order valence-corrected chi connectivity index (χ1v) is 9.69. The second-order valence-corrected chi connectivity index (χ2v) is 7.38. The normalized spacial score (nSPS) is 17.6. The molecule has 1 aromatic heterocycles. The Labute approximate surface area is 167 Å². The molecule has 1 atom stereocenters. The highest BCUT2D eigenvalue weighted by Crippen LogP contribution is 2.33. The molecule has 6 nitrogen and oxygen atoms in total. The zero-order valence-corrected chi connectivity index (χ0v) is 16.4. The monoisotopic (exact) mass is 394 g/mol. The van der Waals surface area contributed by atoms with Crippen molar-refractivity contribution in [2.24, 2.45) is 16.5 Å². The van der Waals surface area contributed by atoms with Gasteiger partial charge in [0.05, 0.1) is 4.88 Å². The number of amides is 1. The van der Waals surface area contributed by atoms with E-state index in [0.717, 1.165) is 16.7 Å². The van der Waals surface area contributed by atoms with Gasteiger partial charge in [-0.2, -0.15) is 0 Å². The third-order valence-corrected chi connectivity index (χ3v) is 5.54. The lowest BCUT2D eigenvalue weighted by Gasteiger charge is -2.35. The number of nitrogens with zero attached hydrogens (tertiary/aromatic N) is 2. The molecule has 1 amide bonds. The highest BCUT2D eigenvalue weighted by molar-refractivity contribution is 7.12. The maximum absolute atomic E-state index is 12.9. The number of rotatable bonds is 5. The number of aliphatic imine (C=N–C) groups is 1. The predicted octanol–water partition coefficient (Wildman–Crippen LogP) is 2.44. The molecular formula is C21H22N4O2S. The van der Waals surface area contributed by atoms with Crippen LogP contribution in [0.25, 0.3) is 0 Å². The van der Waals surface area contributed by atoms with Crippen LogP contribution in [0.4, 0.5) is 0 Å². The first-order valence-electron chi connectivity index (χ1n) is 8.81. The van der Waals surface area contributed by atoms with Crippen LogP contribution in [0.3, 0.4) is 0 Å². The number of nitrogens with two attached hydrogens (primary N) is 2. The molecule has 2 heterocycles. The Morgan fingerprint density at radius 3 is 2.71 bits per heavy atom. The number of carbonyl (C=O) groups excluding carboxylic acids is 2. The summed E-state index contributed by atoms with van der Waals surface area (Å²) in [6.45, 7) is 0.834. The molecule has 2 aromatic rings. The van der Waals surface area contributed by atoms with Crippen LogP contribution in [0.2, 0.25) is 0 Å². The van der Waals surface area contributed by atoms with Gasteiger partial charge in [0.1, 0.15) is 5.70 Å². The molecule has 0 spiro atoms. The van der Waals surface area contributed by atoms with Gasteiger partial charge >= 0.3 is 0 Å². The largest absolute Gasteiger partial charge is 0.404 e. The molecule has 0 saturated carbocycles. The Hall–Kier alpha value is -3.19. The molecule has 0 aliphatic carbocycles. The molecule has 0 saturated heterocycles. The van der Waals surface area contributed by atoms with Gasteiger partial charge in [-0.3, -0.25) is 14.6 Å². The summed E-state index contributed by atoms with van der Waals surface area (Å²) >= 11 is 1.31. The molecule has 1 aliphatic rings. The Morgan fingerprint density at radius 2 is 2.04 bits per heavy atom. The summed E-state index contributed by atoms with van der Waals surface area (Å²) in [5, 5.41) is 1.81. The van der Waals surface area contributed by atoms with Gasteiger partial charge in [0.15, 0.2) is 5.78 Å². The van der Waals surface area contributed by atoms with E-state index in [-0.39, 0.29) is 23.3 Å². The van der Waals surface area contributed by atoms with Crippen molar-refractivity contribution in [2.45, 2.75) is 12.5 Å². The number of hydrogen-bond donors (Lipinski definition) is 2. The minimum Gasteiger partial charge on any atom is -0.404 e. The van der Waals surface area contributed by atoms with Crippen LogP contribution in [0, 0.1) is 0 Å². The van der Waals surface area contributed by atoms with Gasteiger partial charge < -0.3 is 16.4 Å². The molecule has 0 bridgehead atoms. The summed E-state index contributed by atoms with van der Waals surface area (Å²) in [4.78, 5) is 31.4. The fourth-order valence-corrected chi connectivity index (χ4v) is 3.96. The van der Waals surface area contributed by atoms with Crippen LogP contribution in [0.1, 0.15) is 26.7 Å². The van der Waals surface area contributed by atoms with Crippen molar-refractivity contribution in [3.8, 4) is 0 Å². The van der Waals surface area contributed by atoms with E-state index in [1.807, 2.05) is 24.3 Å². The SMILES string of the molecule is CN=CC(=CN)C1CN(C(=O)/C(N)=C/C(=O)c2cccs2)Cc2ccccc21. The third-order valence-electron chi connectivity index (χ3n) is 4.65. The molecular weight excluding hydrogens is 372 g/mol. The first-order chi connectivity index (χ1) is 13.5. The van der Waals surface area contributed by atoms with Crippen molar-refractivity contribution in [2.75, 3.05) is 13.6 Å². The number of carbonyl (C=O) groups is 2. The molecule has 0 radical (unpaired) electrons. The summed E-state index contributed by atoms with van der Waals surface area (Å²) in [7, 11) is 1.68. The quantitative estimate of drug-likeness (QED) is 0.462. The van der Waals surface area contributed by atoms with Crippen molar-refractivity contribution >= 4 is 29.2 Å². The summed E-state index contributed by atoms with van der Waals surface area (Å²) in [6, 6.07) is 11.4. The lowest BCUT2D eigenvalue weighted by Crippen LogP contribution is -2.41. The highest BCUT2D eigenvalue weighted by atomic mass is 32.1. The summed E-state index contributed by atoms with van der Waals surface area (Å²) in [5.41, 5.74) is 14.7. The molecule has 7 heteroatoms. The van der Waals surface area contributed by atoms with Crippen molar-refractivity contribution in [3.05, 3.63) is 81.3 Å². The summed E-state index contributed by atoms with van der Waals surface area (Å²) in [6.07, 6.45) is 4.42. The van der Waals surface area contributed by atoms with Crippen molar-refractivity contribution < 1.29 is 9.59 Å². The van der Waals surface area contributed by atoms with E-state index in [2.05, 4.69) is 4.99 Å². The maximum Gasteiger partial charge on any atom is 0.270 e. The van der Waals surface area contributed by atoms with E-state index in [0.29, 0.717) is 18.0 Å². The van der Waals surface area contributed by atoms with Crippen LogP contribution in [0.15, 0.2) is 70.3 Å². The third kappa shape index (κ3) is 4.04. The molecule has 28 heavy (non-hydrogen) atoms. The van der Waals surface area contributed by atoms with Gasteiger partial charge in [0.2, 0.25) is 0 Å². The van der Waals surface area contributed by atoms with Gasteiger partial charge in [-0.25, -0.2) is 0 Å². The topological polar surface area (TPSA) is 102 Å². The Balaban J connectivity index is 1.88. The number of benzene rings is 1. The van der Waals surface area contributed by atoms with E-state index < -0.39 is 0 Å². The number of allylic oxidation sites excluding steroid dienone is 1. The average molecular weight is 395 g/mol. The number of fused-ring (bicyclic) bond motifs is 1. The summed E-state index contributed by atoms with van der Waals surface area (Å²) < 4.78 is 0. The minimum absolute atomic E-state index is 0.0704. The van der Waals surface area contributed by atoms with Crippen LogP contribution in [-0.2, 0) is 11.3 Å². The Morgan fingerprint density at radius 1 is 1.25 bits per heavy atom. The van der Waals surface area contributed by atoms with Crippen LogP contribution in [-0.4, -0.2) is 36.4 Å². The van der Waals surface area contributed by atoms with Gasteiger partial charge in [-0.05, 0) is 34.3 Å². The first kappa shape index (κ1) is 19.6. The lowest BCUT2D eigenvalue weighted by atomic mass is 9.85. The van der Waals surface area contributed by atoms with Crippen LogP contribution < -0.4 is 11.5 Å². The predicted molar refractivity (Wildman–Crippen MR) is 112 cm³/mol. The Kier molecular flexibility index (Phi) is 6.06. The lowest BCUT2D eigenvalue weighted by molar-refractivity contribution is -0.128. The number of ketones is 1. The average Bonchev–Trinajstić information content (AvgIpc) is 3.25. The van der Waals surface area contributed by atoms with Crippen LogP contribution in [0.5, 0.6) is 0 Å². The standard InChI is InChI=1S/C21H22N4O2S/c1-24-11-15(10-22)17-13-25(12-14-5-2-3-6-16(14)17)21(27)18(23)9-19(26)20-7-4-8-28-20/h2-11,17H,12-13,22-23H2,1H3/b15-10?,18-9-,24-11?. The van der Waals surface area contributed by atoms with Gasteiger partial charge in [-0.15, -0.1) is 11.3 Å². The molecule has 0 fully saturated rings. The van der Waals surface area contributed by atoms with E-state index in [4.69, 9.17) is 11.5 Å². The van der Waals surface area contributed by atoms with Crippen molar-refractivity contribution in [1.82, 2.24) is 4.90 Å². The molecule has 1 unspecified atom stereocenters. The minimum atomic E-state index is -0.366. The summed E-state index contributed by atoms with van der Waals surface area (Å²) in [5.74, 6) is -0.743. The second kappa shape index (κ2) is 8.67.